The number of esters is 2. The molecule has 5 aliphatic rings. The molecule has 0 amide bonds. The van der Waals surface area contributed by atoms with Crippen LogP contribution in [-0.4, -0.2) is 35.2 Å². The van der Waals surface area contributed by atoms with Crippen molar-refractivity contribution in [1.29, 1.82) is 0 Å². The molecule has 6 nitrogen and oxygen atoms in total. The summed E-state index contributed by atoms with van der Waals surface area (Å²) >= 11 is 0. The van der Waals surface area contributed by atoms with E-state index in [2.05, 4.69) is 47.6 Å². The van der Waals surface area contributed by atoms with E-state index in [-0.39, 0.29) is 22.7 Å². The van der Waals surface area contributed by atoms with Crippen molar-refractivity contribution < 1.29 is 29.0 Å². The molecule has 0 heterocycles. The molecule has 0 bridgehead atoms. The lowest BCUT2D eigenvalue weighted by molar-refractivity contribution is -0.249. The quantitative estimate of drug-likeness (QED) is 0.292. The monoisotopic (exact) mass is 556 g/mol. The van der Waals surface area contributed by atoms with Crippen LogP contribution < -0.4 is 0 Å². The summed E-state index contributed by atoms with van der Waals surface area (Å²) in [6, 6.07) is 0. The zero-order valence-corrected chi connectivity index (χ0v) is 26.3. The summed E-state index contributed by atoms with van der Waals surface area (Å²) in [7, 11) is 0. The molecule has 0 aromatic heterocycles. The van der Waals surface area contributed by atoms with E-state index in [1.807, 2.05) is 0 Å². The van der Waals surface area contributed by atoms with Crippen molar-refractivity contribution in [3.8, 4) is 0 Å². The van der Waals surface area contributed by atoms with Crippen LogP contribution in [0.5, 0.6) is 0 Å². The first-order valence-corrected chi connectivity index (χ1v) is 15.7. The van der Waals surface area contributed by atoms with Crippen molar-refractivity contribution in [1.82, 2.24) is 0 Å². The Labute approximate surface area is 241 Å². The van der Waals surface area contributed by atoms with Gasteiger partial charge in [0.1, 0.15) is 11.5 Å². The van der Waals surface area contributed by atoms with Crippen LogP contribution >= 0.6 is 0 Å². The summed E-state index contributed by atoms with van der Waals surface area (Å²) in [6.07, 6.45) is 8.92. The van der Waals surface area contributed by atoms with Crippen LogP contribution in [0.3, 0.4) is 0 Å². The lowest BCUT2D eigenvalue weighted by atomic mass is 9.33. The van der Waals surface area contributed by atoms with Gasteiger partial charge in [0.2, 0.25) is 0 Å². The molecule has 0 spiro atoms. The number of fused-ring (bicyclic) bond motifs is 7. The minimum atomic E-state index is -1.36. The molecule has 1 N–H and O–H groups in total. The molecule has 0 radical (unpaired) electrons. The molecule has 0 aliphatic heterocycles. The SMILES string of the molecule is CC(=O)O[C@@H]1[C@H](OC(C)=O)C[C@@]2(C)C(CC[C@]3(C)[C@@H]2CC=C2[C@@H]4[C@@H](C)[C@H](C)CC[C@]4(C)CC[C@]23C)C1(C)C(=O)O. The Bertz CT molecular complexity index is 1130. The van der Waals surface area contributed by atoms with Crippen LogP contribution in [0.25, 0.3) is 0 Å². The van der Waals surface area contributed by atoms with Crippen molar-refractivity contribution in [2.75, 3.05) is 0 Å². The van der Waals surface area contributed by atoms with Gasteiger partial charge in [0.15, 0.2) is 6.10 Å². The van der Waals surface area contributed by atoms with E-state index in [4.69, 9.17) is 9.47 Å². The molecule has 2 unspecified atom stereocenters. The number of carboxylic acids is 1. The van der Waals surface area contributed by atoms with E-state index < -0.39 is 40.9 Å². The summed E-state index contributed by atoms with van der Waals surface area (Å²) in [5.74, 6) is 0.00843. The minimum absolute atomic E-state index is 0.00146. The predicted molar refractivity (Wildman–Crippen MR) is 153 cm³/mol. The Morgan fingerprint density at radius 2 is 1.52 bits per heavy atom. The van der Waals surface area contributed by atoms with E-state index in [0.717, 1.165) is 25.2 Å². The van der Waals surface area contributed by atoms with Gasteiger partial charge in [-0.3, -0.25) is 14.4 Å². The van der Waals surface area contributed by atoms with Crippen LogP contribution in [0.1, 0.15) is 114 Å². The van der Waals surface area contributed by atoms with Gasteiger partial charge < -0.3 is 14.6 Å². The first-order chi connectivity index (χ1) is 18.5. The lowest BCUT2D eigenvalue weighted by Crippen LogP contribution is -2.69. The van der Waals surface area contributed by atoms with Crippen molar-refractivity contribution >= 4 is 17.9 Å². The summed E-state index contributed by atoms with van der Waals surface area (Å²) in [5.41, 5.74) is 0.317. The van der Waals surface area contributed by atoms with Gasteiger partial charge in [-0.25, -0.2) is 0 Å². The fourth-order valence-corrected chi connectivity index (χ4v) is 11.6. The normalized spacial score (nSPS) is 51.6. The zero-order valence-electron chi connectivity index (χ0n) is 26.3. The largest absolute Gasteiger partial charge is 0.481 e. The fourth-order valence-electron chi connectivity index (χ4n) is 11.6. The molecule has 5 aliphatic carbocycles. The third-order valence-corrected chi connectivity index (χ3v) is 14.0. The average Bonchev–Trinajstić information content (AvgIpc) is 2.84. The highest BCUT2D eigenvalue weighted by Crippen LogP contribution is 2.76. The van der Waals surface area contributed by atoms with Crippen LogP contribution in [0.2, 0.25) is 0 Å². The van der Waals surface area contributed by atoms with E-state index >= 15 is 0 Å². The Balaban J connectivity index is 1.62. The van der Waals surface area contributed by atoms with Gasteiger partial charge in [0.25, 0.3) is 0 Å². The van der Waals surface area contributed by atoms with Gasteiger partial charge in [-0.05, 0) is 110 Å². The number of aliphatic carboxylic acids is 1. The standard InChI is InChI=1S/C34H52O6/c1-19-12-14-30(5)16-17-32(7)23(27(30)20(19)2)10-11-25-31(6)18-24(39-21(3)35)28(40-22(4)36)34(9,29(37)38)26(31)13-15-33(25,32)8/h10,19-20,24-28H,11-18H2,1-9H3,(H,37,38)/t19-,20+,24-,25-,26?,27+,28-,30-,31-,32-,33-,34?/m1/s1. The van der Waals surface area contributed by atoms with Crippen molar-refractivity contribution in [3.05, 3.63) is 11.6 Å². The third kappa shape index (κ3) is 3.82. The molecule has 12 atom stereocenters. The highest BCUT2D eigenvalue weighted by atomic mass is 16.6. The number of hydrogen-bond donors (Lipinski definition) is 1. The molecule has 40 heavy (non-hydrogen) atoms. The number of rotatable bonds is 3. The van der Waals surface area contributed by atoms with Gasteiger partial charge >= 0.3 is 17.9 Å². The Morgan fingerprint density at radius 3 is 2.12 bits per heavy atom. The number of carbonyl (C=O) groups is 3. The number of allylic oxidation sites excluding steroid dienone is 2. The lowest BCUT2D eigenvalue weighted by Gasteiger charge is -2.71. The smallest absolute Gasteiger partial charge is 0.313 e. The van der Waals surface area contributed by atoms with Gasteiger partial charge in [0, 0.05) is 13.8 Å². The second-order valence-electron chi connectivity index (χ2n) is 15.8. The number of carboxylic acid groups (broad SMARTS) is 1. The summed E-state index contributed by atoms with van der Waals surface area (Å²) in [6.45, 7) is 19.1. The Hall–Kier alpha value is -1.85. The van der Waals surface area contributed by atoms with Crippen LogP contribution in [0, 0.1) is 56.7 Å². The van der Waals surface area contributed by atoms with E-state index in [0.29, 0.717) is 23.7 Å². The maximum atomic E-state index is 13.1. The van der Waals surface area contributed by atoms with Crippen molar-refractivity contribution in [2.24, 2.45) is 56.7 Å². The summed E-state index contributed by atoms with van der Waals surface area (Å²) < 4.78 is 11.5. The van der Waals surface area contributed by atoms with E-state index in [1.54, 1.807) is 12.5 Å². The van der Waals surface area contributed by atoms with Crippen LogP contribution in [-0.2, 0) is 23.9 Å². The Kier molecular flexibility index (Phi) is 6.91. The molecular weight excluding hydrogens is 504 g/mol. The molecule has 5 rings (SSSR count). The van der Waals surface area contributed by atoms with Gasteiger partial charge in [-0.2, -0.15) is 0 Å². The predicted octanol–water partition coefficient (Wildman–Crippen LogP) is 7.20. The van der Waals surface area contributed by atoms with Gasteiger partial charge in [-0.1, -0.05) is 53.2 Å². The molecular formula is C34H52O6. The molecule has 4 saturated carbocycles. The number of ether oxygens (including phenoxy) is 2. The van der Waals surface area contributed by atoms with E-state index in [1.165, 1.54) is 39.5 Å². The molecule has 224 valence electrons. The molecule has 0 aromatic carbocycles. The van der Waals surface area contributed by atoms with Gasteiger partial charge in [0.05, 0.1) is 0 Å². The summed E-state index contributed by atoms with van der Waals surface area (Å²) in [4.78, 5) is 37.6. The highest BCUT2D eigenvalue weighted by Gasteiger charge is 2.72. The number of hydrogen-bond acceptors (Lipinski definition) is 5. The van der Waals surface area contributed by atoms with Crippen molar-refractivity contribution in [2.45, 2.75) is 126 Å². The van der Waals surface area contributed by atoms with Crippen LogP contribution in [0.4, 0.5) is 0 Å². The van der Waals surface area contributed by atoms with E-state index in [9.17, 15) is 19.5 Å². The molecule has 4 fully saturated rings. The second-order valence-corrected chi connectivity index (χ2v) is 15.8. The minimum Gasteiger partial charge on any atom is -0.481 e. The van der Waals surface area contributed by atoms with Crippen molar-refractivity contribution in [3.63, 3.8) is 0 Å². The Morgan fingerprint density at radius 1 is 0.875 bits per heavy atom. The van der Waals surface area contributed by atoms with Crippen LogP contribution in [0.15, 0.2) is 11.6 Å². The second kappa shape index (κ2) is 9.33. The average molecular weight is 557 g/mol. The molecule has 6 heteroatoms. The first kappa shape index (κ1) is 29.6. The number of carbonyl (C=O) groups excluding carboxylic acids is 2. The fraction of sp³-hybridized carbons (Fsp3) is 0.853. The third-order valence-electron chi connectivity index (χ3n) is 14.0. The van der Waals surface area contributed by atoms with Gasteiger partial charge in [-0.15, -0.1) is 0 Å². The maximum Gasteiger partial charge on any atom is 0.313 e. The first-order valence-electron chi connectivity index (χ1n) is 15.7. The maximum absolute atomic E-state index is 13.1. The molecule has 0 saturated heterocycles. The highest BCUT2D eigenvalue weighted by molar-refractivity contribution is 5.77. The molecule has 0 aromatic rings. The summed E-state index contributed by atoms with van der Waals surface area (Å²) in [5, 5.41) is 10.8. The topological polar surface area (TPSA) is 89.9 Å². The zero-order chi connectivity index (χ0) is 29.6.